The number of anilines is 1. The van der Waals surface area contributed by atoms with E-state index in [0.29, 0.717) is 5.56 Å². The smallest absolute Gasteiger partial charge is 0.351 e. The average Bonchev–Trinajstić information content (AvgIpc) is 3.06. The molecule has 6 nitrogen and oxygen atoms in total. The monoisotopic (exact) mass is 440 g/mol. The van der Waals surface area contributed by atoms with Crippen LogP contribution in [0.15, 0.2) is 53.4 Å². The van der Waals surface area contributed by atoms with Gasteiger partial charge in [0.05, 0.1) is 10.5 Å². The molecule has 0 radical (unpaired) electrons. The Morgan fingerprint density at radius 3 is 2.43 bits per heavy atom. The molecular formula is C20H19F3N2O4S. The zero-order chi connectivity index (χ0) is 22.1. The van der Waals surface area contributed by atoms with Gasteiger partial charge in [-0.3, -0.25) is 9.59 Å². The van der Waals surface area contributed by atoms with E-state index in [4.69, 9.17) is 0 Å². The van der Waals surface area contributed by atoms with Gasteiger partial charge in [-0.2, -0.15) is 13.2 Å². The van der Waals surface area contributed by atoms with E-state index in [0.717, 1.165) is 18.4 Å². The molecule has 1 saturated heterocycles. The third-order valence-corrected chi connectivity index (χ3v) is 5.95. The normalized spacial score (nSPS) is 17.3. The molecule has 0 bridgehead atoms. The molecule has 1 fully saturated rings. The Labute approximate surface area is 171 Å². The second-order valence-electron chi connectivity index (χ2n) is 7.01. The lowest BCUT2D eigenvalue weighted by Gasteiger charge is -2.18. The van der Waals surface area contributed by atoms with Crippen LogP contribution in [0, 0.1) is 5.92 Å². The Balaban J connectivity index is 1.64. The van der Waals surface area contributed by atoms with Crippen molar-refractivity contribution in [1.29, 1.82) is 0 Å². The van der Waals surface area contributed by atoms with Gasteiger partial charge in [0.2, 0.25) is 11.8 Å². The molecule has 2 amide bonds. The number of alkyl halides is 3. The molecule has 1 unspecified atom stereocenters. The van der Waals surface area contributed by atoms with Crippen LogP contribution in [0.3, 0.4) is 0 Å². The Kier molecular flexibility index (Phi) is 5.89. The number of amides is 2. The van der Waals surface area contributed by atoms with Gasteiger partial charge in [0.25, 0.3) is 0 Å². The molecule has 30 heavy (non-hydrogen) atoms. The number of benzene rings is 2. The summed E-state index contributed by atoms with van der Waals surface area (Å²) in [6.07, 6.45) is -3.25. The highest BCUT2D eigenvalue weighted by Gasteiger charge is 2.38. The maximum absolute atomic E-state index is 12.9. The van der Waals surface area contributed by atoms with E-state index in [-0.39, 0.29) is 30.1 Å². The molecule has 1 N–H and O–H groups in total. The van der Waals surface area contributed by atoms with Crippen LogP contribution in [-0.4, -0.2) is 33.0 Å². The third-order valence-electron chi connectivity index (χ3n) is 4.83. The lowest BCUT2D eigenvalue weighted by Crippen LogP contribution is -2.36. The summed E-state index contributed by atoms with van der Waals surface area (Å²) in [4.78, 5) is 26.3. The zero-order valence-electron chi connectivity index (χ0n) is 15.9. The topological polar surface area (TPSA) is 83.6 Å². The van der Waals surface area contributed by atoms with Gasteiger partial charge in [-0.15, -0.1) is 0 Å². The molecule has 1 heterocycles. The highest BCUT2D eigenvalue weighted by atomic mass is 32.2. The maximum Gasteiger partial charge on any atom is 0.416 e. The molecule has 3 rings (SSSR count). The summed E-state index contributed by atoms with van der Waals surface area (Å²) in [6.45, 7) is 0.234. The van der Waals surface area contributed by atoms with Crippen molar-refractivity contribution in [2.75, 3.05) is 17.7 Å². The van der Waals surface area contributed by atoms with Crippen LogP contribution >= 0.6 is 0 Å². The van der Waals surface area contributed by atoms with Crippen molar-refractivity contribution in [3.05, 3.63) is 59.7 Å². The minimum Gasteiger partial charge on any atom is -0.351 e. The van der Waals surface area contributed by atoms with Crippen LogP contribution in [0.1, 0.15) is 17.5 Å². The lowest BCUT2D eigenvalue weighted by atomic mass is 10.1. The first kappa shape index (κ1) is 21.8. The van der Waals surface area contributed by atoms with Gasteiger partial charge in [0, 0.05) is 25.0 Å². The predicted octanol–water partition coefficient (Wildman–Crippen LogP) is 2.78. The molecule has 160 valence electrons. The maximum atomic E-state index is 12.9. The van der Waals surface area contributed by atoms with E-state index < -0.39 is 39.3 Å². The minimum atomic E-state index is -4.53. The molecule has 0 spiro atoms. The second-order valence-corrected chi connectivity index (χ2v) is 9.03. The fourth-order valence-corrected chi connectivity index (χ4v) is 3.83. The van der Waals surface area contributed by atoms with Gasteiger partial charge in [-0.05, 0) is 42.3 Å². The molecule has 1 aliphatic rings. The Hall–Kier alpha value is -2.88. The number of halogens is 3. The first-order valence-corrected chi connectivity index (χ1v) is 10.9. The summed E-state index contributed by atoms with van der Waals surface area (Å²) in [5, 5.41) is 2.62. The molecule has 1 aliphatic heterocycles. The van der Waals surface area contributed by atoms with E-state index in [1.807, 2.05) is 0 Å². The van der Waals surface area contributed by atoms with Crippen molar-refractivity contribution in [3.8, 4) is 0 Å². The molecule has 0 aromatic heterocycles. The molecule has 0 saturated carbocycles. The Morgan fingerprint density at radius 1 is 1.17 bits per heavy atom. The molecule has 2 aromatic carbocycles. The number of rotatable bonds is 5. The van der Waals surface area contributed by atoms with Gasteiger partial charge in [0.15, 0.2) is 9.84 Å². The molecule has 1 atom stereocenters. The van der Waals surface area contributed by atoms with E-state index in [2.05, 4.69) is 5.32 Å². The van der Waals surface area contributed by atoms with Gasteiger partial charge < -0.3 is 10.2 Å². The summed E-state index contributed by atoms with van der Waals surface area (Å²) < 4.78 is 61.7. The van der Waals surface area contributed by atoms with Crippen LogP contribution < -0.4 is 10.2 Å². The summed E-state index contributed by atoms with van der Waals surface area (Å²) in [6, 6.07) is 10.4. The van der Waals surface area contributed by atoms with Crippen molar-refractivity contribution in [1.82, 2.24) is 5.32 Å². The van der Waals surface area contributed by atoms with Crippen LogP contribution in [0.2, 0.25) is 0 Å². The minimum absolute atomic E-state index is 0.0935. The number of hydrogen-bond acceptors (Lipinski definition) is 4. The van der Waals surface area contributed by atoms with Crippen molar-refractivity contribution < 1.29 is 31.2 Å². The van der Waals surface area contributed by atoms with E-state index in [1.165, 1.54) is 29.2 Å². The fourth-order valence-electron chi connectivity index (χ4n) is 3.20. The largest absolute Gasteiger partial charge is 0.416 e. The van der Waals surface area contributed by atoms with Crippen molar-refractivity contribution in [3.63, 3.8) is 0 Å². The number of nitrogens with zero attached hydrogens (tertiary/aromatic N) is 1. The number of carbonyl (C=O) groups excluding carboxylic acids is 2. The third kappa shape index (κ3) is 4.81. The number of sulfone groups is 1. The van der Waals surface area contributed by atoms with Gasteiger partial charge in [-0.1, -0.05) is 18.2 Å². The van der Waals surface area contributed by atoms with Gasteiger partial charge in [0.1, 0.15) is 5.92 Å². The fraction of sp³-hybridized carbons (Fsp3) is 0.300. The second kappa shape index (κ2) is 8.10. The van der Waals surface area contributed by atoms with Crippen molar-refractivity contribution >= 4 is 27.3 Å². The van der Waals surface area contributed by atoms with Crippen molar-refractivity contribution in [2.24, 2.45) is 5.92 Å². The summed E-state index contributed by atoms with van der Waals surface area (Å²) in [7, 11) is -3.32. The van der Waals surface area contributed by atoms with Crippen LogP contribution in [0.4, 0.5) is 18.9 Å². The van der Waals surface area contributed by atoms with Gasteiger partial charge in [-0.25, -0.2) is 8.42 Å². The molecule has 10 heteroatoms. The molecule has 2 aromatic rings. The predicted molar refractivity (Wildman–Crippen MR) is 103 cm³/mol. The van der Waals surface area contributed by atoms with E-state index in [1.54, 1.807) is 12.1 Å². The van der Waals surface area contributed by atoms with E-state index in [9.17, 15) is 31.2 Å². The van der Waals surface area contributed by atoms with E-state index >= 15 is 0 Å². The highest BCUT2D eigenvalue weighted by molar-refractivity contribution is 7.90. The summed E-state index contributed by atoms with van der Waals surface area (Å²) in [5.41, 5.74) is -0.115. The van der Waals surface area contributed by atoms with Crippen LogP contribution in [0.5, 0.6) is 0 Å². The number of hydrogen-bond donors (Lipinski definition) is 1. The molecular weight excluding hydrogens is 421 g/mol. The van der Waals surface area contributed by atoms with Gasteiger partial charge >= 0.3 is 6.18 Å². The number of carbonyl (C=O) groups is 2. The number of nitrogens with one attached hydrogen (secondary N) is 1. The first-order valence-electron chi connectivity index (χ1n) is 9.02. The van der Waals surface area contributed by atoms with Crippen LogP contribution in [0.25, 0.3) is 0 Å². The van der Waals surface area contributed by atoms with Crippen molar-refractivity contribution in [2.45, 2.75) is 24.0 Å². The lowest BCUT2D eigenvalue weighted by molar-refractivity contribution is -0.138. The summed E-state index contributed by atoms with van der Waals surface area (Å²) >= 11 is 0. The molecule has 0 aliphatic carbocycles. The first-order chi connectivity index (χ1) is 14.0. The van der Waals surface area contributed by atoms with Crippen LogP contribution in [-0.2, 0) is 32.1 Å². The zero-order valence-corrected chi connectivity index (χ0v) is 16.8. The Morgan fingerprint density at radius 2 is 1.83 bits per heavy atom. The summed E-state index contributed by atoms with van der Waals surface area (Å²) in [5.74, 6) is -2.07. The highest BCUT2D eigenvalue weighted by Crippen LogP contribution is 2.33. The quantitative estimate of drug-likeness (QED) is 0.725. The standard InChI is InChI=1S/C20H19F3N2O4S/c1-30(28,29)16-7-5-13(6-8-16)12-24-18(26)17-9-10-25(19(17)27)15-4-2-3-14(11-15)20(21,22)23/h2-8,11,17H,9-10,12H2,1H3,(H,24,26). The Bertz CT molecular complexity index is 1070. The SMILES string of the molecule is CS(=O)(=O)c1ccc(CNC(=O)C2CCN(c3cccc(C(F)(F)F)c3)C2=O)cc1. The average molecular weight is 440 g/mol.